The zero-order valence-corrected chi connectivity index (χ0v) is 13.2. The average Bonchev–Trinajstić information content (AvgIpc) is 2.83. The van der Waals surface area contributed by atoms with Gasteiger partial charge in [-0.05, 0) is 24.6 Å². The van der Waals surface area contributed by atoms with Gasteiger partial charge in [0.2, 0.25) is 0 Å². The maximum Gasteiger partial charge on any atom is 0.338 e. The van der Waals surface area contributed by atoms with Crippen LogP contribution in [0.5, 0.6) is 5.75 Å². The standard InChI is InChI=1S/C14H16FNO6S/c1-21-12-3-2-9(6-11(12)15)14(18)22-7-13(17)16-10-4-5-23(19,20)8-10/h2-3,6,10H,4-5,7-8H2,1H3,(H,16,17)/t10-/m1/s1. The molecule has 0 spiro atoms. The molecule has 9 heteroatoms. The first-order valence-electron chi connectivity index (χ1n) is 6.81. The van der Waals surface area contributed by atoms with Gasteiger partial charge in [-0.1, -0.05) is 0 Å². The highest BCUT2D eigenvalue weighted by atomic mass is 32.2. The van der Waals surface area contributed by atoms with Gasteiger partial charge in [0.05, 0.1) is 24.2 Å². The Morgan fingerprint density at radius 2 is 2.13 bits per heavy atom. The zero-order valence-electron chi connectivity index (χ0n) is 12.4. The molecule has 1 heterocycles. The average molecular weight is 345 g/mol. The van der Waals surface area contributed by atoms with E-state index >= 15 is 0 Å². The number of ether oxygens (including phenoxy) is 2. The van der Waals surface area contributed by atoms with Crippen LogP contribution in [0.1, 0.15) is 16.8 Å². The fourth-order valence-corrected chi connectivity index (χ4v) is 3.86. The van der Waals surface area contributed by atoms with Crippen molar-refractivity contribution in [2.24, 2.45) is 0 Å². The lowest BCUT2D eigenvalue weighted by atomic mass is 10.2. The first-order chi connectivity index (χ1) is 10.8. The fourth-order valence-electron chi connectivity index (χ4n) is 2.19. The molecular formula is C14H16FNO6S. The Balaban J connectivity index is 1.84. The number of sulfone groups is 1. The first kappa shape index (κ1) is 17.2. The number of esters is 1. The highest BCUT2D eigenvalue weighted by Crippen LogP contribution is 2.18. The molecular weight excluding hydrogens is 329 g/mol. The van der Waals surface area contributed by atoms with Crippen molar-refractivity contribution in [2.75, 3.05) is 25.2 Å². The zero-order chi connectivity index (χ0) is 17.0. The van der Waals surface area contributed by atoms with Crippen molar-refractivity contribution in [1.82, 2.24) is 5.32 Å². The Kier molecular flexibility index (Phi) is 5.19. The summed E-state index contributed by atoms with van der Waals surface area (Å²) in [6.07, 6.45) is 0.339. The van der Waals surface area contributed by atoms with Crippen molar-refractivity contribution >= 4 is 21.7 Å². The van der Waals surface area contributed by atoms with Crippen LogP contribution in [0.15, 0.2) is 18.2 Å². The fraction of sp³-hybridized carbons (Fsp3) is 0.429. The molecule has 1 atom stereocenters. The minimum absolute atomic E-state index is 0.0123. The van der Waals surface area contributed by atoms with E-state index < -0.39 is 40.2 Å². The van der Waals surface area contributed by atoms with E-state index in [1.807, 2.05) is 0 Å². The number of hydrogen-bond acceptors (Lipinski definition) is 6. The van der Waals surface area contributed by atoms with Gasteiger partial charge in [-0.15, -0.1) is 0 Å². The maximum absolute atomic E-state index is 13.5. The largest absolute Gasteiger partial charge is 0.494 e. The van der Waals surface area contributed by atoms with Crippen LogP contribution >= 0.6 is 0 Å². The van der Waals surface area contributed by atoms with E-state index in [2.05, 4.69) is 5.32 Å². The second-order valence-corrected chi connectivity index (χ2v) is 7.32. The molecule has 0 aliphatic carbocycles. The van der Waals surface area contributed by atoms with Crippen LogP contribution in [0.4, 0.5) is 4.39 Å². The Hall–Kier alpha value is -2.16. The molecule has 0 bridgehead atoms. The number of halogens is 1. The second-order valence-electron chi connectivity index (χ2n) is 5.09. The quantitative estimate of drug-likeness (QED) is 0.771. The minimum Gasteiger partial charge on any atom is -0.494 e. The van der Waals surface area contributed by atoms with Crippen LogP contribution in [0.3, 0.4) is 0 Å². The third-order valence-corrected chi connectivity index (χ3v) is 5.09. The Labute approximate surface area is 132 Å². The summed E-state index contributed by atoms with van der Waals surface area (Å²) in [7, 11) is -1.81. The molecule has 2 rings (SSSR count). The second kappa shape index (κ2) is 6.95. The van der Waals surface area contributed by atoms with Gasteiger partial charge in [0.25, 0.3) is 5.91 Å². The van der Waals surface area contributed by atoms with E-state index in [1.165, 1.54) is 19.2 Å². The molecule has 1 saturated heterocycles. The summed E-state index contributed by atoms with van der Waals surface area (Å²) >= 11 is 0. The molecule has 7 nitrogen and oxygen atoms in total. The molecule has 1 aliphatic rings. The molecule has 23 heavy (non-hydrogen) atoms. The van der Waals surface area contributed by atoms with E-state index in [9.17, 15) is 22.4 Å². The van der Waals surface area contributed by atoms with Crippen LogP contribution in [-0.2, 0) is 19.4 Å². The molecule has 1 amide bonds. The van der Waals surface area contributed by atoms with E-state index in [4.69, 9.17) is 9.47 Å². The SMILES string of the molecule is COc1ccc(C(=O)OCC(=O)N[C@@H]2CCS(=O)(=O)C2)cc1F. The smallest absolute Gasteiger partial charge is 0.338 e. The van der Waals surface area contributed by atoms with Crippen LogP contribution in [0.2, 0.25) is 0 Å². The molecule has 0 radical (unpaired) electrons. The normalized spacial score (nSPS) is 19.1. The monoisotopic (exact) mass is 345 g/mol. The van der Waals surface area contributed by atoms with E-state index in [0.29, 0.717) is 6.42 Å². The highest BCUT2D eigenvalue weighted by molar-refractivity contribution is 7.91. The topological polar surface area (TPSA) is 98.8 Å². The number of rotatable bonds is 5. The molecule has 1 N–H and O–H groups in total. The number of hydrogen-bond donors (Lipinski definition) is 1. The summed E-state index contributed by atoms with van der Waals surface area (Å²) in [6.45, 7) is -0.566. The lowest BCUT2D eigenvalue weighted by molar-refractivity contribution is -0.124. The third kappa shape index (κ3) is 4.65. The van der Waals surface area contributed by atoms with Gasteiger partial charge >= 0.3 is 5.97 Å². The third-order valence-electron chi connectivity index (χ3n) is 3.32. The van der Waals surface area contributed by atoms with Crippen LogP contribution in [0, 0.1) is 5.82 Å². The number of benzene rings is 1. The molecule has 1 aliphatic heterocycles. The van der Waals surface area contributed by atoms with Gasteiger partial charge < -0.3 is 14.8 Å². The Morgan fingerprint density at radius 1 is 1.39 bits per heavy atom. The van der Waals surface area contributed by atoms with E-state index in [0.717, 1.165) is 6.07 Å². The summed E-state index contributed by atoms with van der Waals surface area (Å²) in [4.78, 5) is 23.4. The Morgan fingerprint density at radius 3 is 2.70 bits per heavy atom. The van der Waals surface area contributed by atoms with Gasteiger partial charge in [0.15, 0.2) is 28.0 Å². The summed E-state index contributed by atoms with van der Waals surface area (Å²) in [6, 6.07) is 3.06. The predicted octanol–water partition coefficient (Wildman–Crippen LogP) is 0.294. The number of nitrogens with one attached hydrogen (secondary N) is 1. The van der Waals surface area contributed by atoms with Crippen LogP contribution in [0.25, 0.3) is 0 Å². The van der Waals surface area contributed by atoms with Crippen LogP contribution < -0.4 is 10.1 Å². The number of methoxy groups -OCH3 is 1. The van der Waals surface area contributed by atoms with Crippen molar-refractivity contribution < 1.29 is 31.9 Å². The molecule has 0 saturated carbocycles. The highest BCUT2D eigenvalue weighted by Gasteiger charge is 2.29. The van der Waals surface area contributed by atoms with Crippen molar-refractivity contribution in [1.29, 1.82) is 0 Å². The minimum atomic E-state index is -3.10. The maximum atomic E-state index is 13.5. The molecule has 126 valence electrons. The number of amides is 1. The molecule has 0 aromatic heterocycles. The van der Waals surface area contributed by atoms with Gasteiger partial charge in [-0.2, -0.15) is 0 Å². The molecule has 1 fully saturated rings. The molecule has 0 unspecified atom stereocenters. The van der Waals surface area contributed by atoms with Gasteiger partial charge in [0, 0.05) is 6.04 Å². The van der Waals surface area contributed by atoms with Crippen molar-refractivity contribution in [3.63, 3.8) is 0 Å². The first-order valence-corrected chi connectivity index (χ1v) is 8.63. The van der Waals surface area contributed by atoms with Crippen molar-refractivity contribution in [2.45, 2.75) is 12.5 Å². The summed E-state index contributed by atoms with van der Waals surface area (Å²) in [5, 5.41) is 2.48. The predicted molar refractivity (Wildman–Crippen MR) is 78.4 cm³/mol. The van der Waals surface area contributed by atoms with Crippen LogP contribution in [-0.4, -0.2) is 51.6 Å². The number of carbonyl (C=O) groups excluding carboxylic acids is 2. The van der Waals surface area contributed by atoms with E-state index in [1.54, 1.807) is 0 Å². The lowest BCUT2D eigenvalue weighted by Gasteiger charge is -2.11. The van der Waals surface area contributed by atoms with Gasteiger partial charge in [0.1, 0.15) is 0 Å². The lowest BCUT2D eigenvalue weighted by Crippen LogP contribution is -2.38. The molecule has 1 aromatic carbocycles. The summed E-state index contributed by atoms with van der Waals surface area (Å²) in [5.74, 6) is -2.28. The number of carbonyl (C=O) groups is 2. The molecule has 1 aromatic rings. The van der Waals surface area contributed by atoms with Gasteiger partial charge in [-0.25, -0.2) is 17.6 Å². The summed E-state index contributed by atoms with van der Waals surface area (Å²) in [5.41, 5.74) is -0.0560. The Bertz CT molecular complexity index is 718. The van der Waals surface area contributed by atoms with Crippen molar-refractivity contribution in [3.8, 4) is 5.75 Å². The summed E-state index contributed by atoms with van der Waals surface area (Å²) < 4.78 is 45.5. The van der Waals surface area contributed by atoms with Gasteiger partial charge in [-0.3, -0.25) is 4.79 Å². The van der Waals surface area contributed by atoms with E-state index in [-0.39, 0.29) is 22.8 Å². The van der Waals surface area contributed by atoms with Crippen molar-refractivity contribution in [3.05, 3.63) is 29.6 Å².